The molecule has 0 amide bonds. The molecule has 0 saturated heterocycles. The summed E-state index contributed by atoms with van der Waals surface area (Å²) in [5, 5.41) is 20.0. The van der Waals surface area contributed by atoms with Crippen molar-refractivity contribution in [3.63, 3.8) is 0 Å². The van der Waals surface area contributed by atoms with E-state index in [-0.39, 0.29) is 31.6 Å². The average molecular weight is 689 g/mol. The molecule has 284 valence electrons. The van der Waals surface area contributed by atoms with E-state index in [0.717, 1.165) is 38.5 Å². The predicted molar refractivity (Wildman–Crippen MR) is 206 cm³/mol. The lowest BCUT2D eigenvalue weighted by molar-refractivity contribution is -0.152. The van der Waals surface area contributed by atoms with Crippen LogP contribution in [0.25, 0.3) is 0 Å². The van der Waals surface area contributed by atoms with Gasteiger partial charge >= 0.3 is 11.9 Å². The van der Waals surface area contributed by atoms with Gasteiger partial charge in [-0.3, -0.25) is 9.59 Å². The Kier molecular flexibility index (Phi) is 36.9. The number of aliphatic hydroxyl groups excluding tert-OH is 2. The molecule has 0 bridgehead atoms. The van der Waals surface area contributed by atoms with Gasteiger partial charge in [-0.15, -0.1) is 0 Å². The van der Waals surface area contributed by atoms with Gasteiger partial charge in [-0.2, -0.15) is 0 Å². The second kappa shape index (κ2) is 38.6. The number of rotatable bonds is 36. The van der Waals surface area contributed by atoms with Gasteiger partial charge in [-0.25, -0.2) is 0 Å². The van der Waals surface area contributed by atoms with Crippen LogP contribution in [0.1, 0.15) is 187 Å². The second-order valence-electron chi connectivity index (χ2n) is 13.6. The van der Waals surface area contributed by atoms with E-state index in [0.29, 0.717) is 19.3 Å². The van der Waals surface area contributed by atoms with Gasteiger partial charge in [0.05, 0.1) is 6.10 Å². The van der Waals surface area contributed by atoms with Crippen LogP contribution in [0.3, 0.4) is 0 Å². The molecule has 0 aromatic heterocycles. The molecule has 0 fully saturated rings. The van der Waals surface area contributed by atoms with E-state index in [1.807, 2.05) is 30.4 Å². The van der Waals surface area contributed by atoms with Crippen molar-refractivity contribution < 1.29 is 29.3 Å². The Morgan fingerprint density at radius 2 is 0.959 bits per heavy atom. The van der Waals surface area contributed by atoms with Gasteiger partial charge < -0.3 is 19.7 Å². The fourth-order valence-electron chi connectivity index (χ4n) is 5.52. The number of aliphatic hydroxyl groups is 2. The molecule has 6 heteroatoms. The number of unbranched alkanes of at least 4 members (excludes halogenated alkanes) is 20. The number of hydrogen-bond donors (Lipinski definition) is 2. The fourth-order valence-corrected chi connectivity index (χ4v) is 5.52. The lowest BCUT2D eigenvalue weighted by Crippen LogP contribution is -2.25. The standard InChI is InChI=1S/C43H76O6/c1-3-5-7-9-11-12-13-14-15-16-17-18-19-20-24-28-32-36-42(46)48-38-41(45)39-49-43(47)37-33-29-25-22-21-23-27-31-35-40(44)34-30-26-10-8-6-4-2/h22-23,25-27,30-31,35,40-41,44-45H,3-21,24,28-29,32-34,36-39H2,1-2H3/b25-22-,27-23-,30-26-,35-31+/t40-,41+/m1/s1. The molecule has 0 aromatic rings. The van der Waals surface area contributed by atoms with E-state index in [4.69, 9.17) is 9.47 Å². The van der Waals surface area contributed by atoms with Crippen LogP contribution >= 0.6 is 0 Å². The molecule has 2 N–H and O–H groups in total. The summed E-state index contributed by atoms with van der Waals surface area (Å²) in [7, 11) is 0. The molecule has 2 atom stereocenters. The number of carbonyl (C=O) groups is 2. The topological polar surface area (TPSA) is 93.1 Å². The van der Waals surface area contributed by atoms with E-state index in [1.165, 1.54) is 109 Å². The van der Waals surface area contributed by atoms with Crippen molar-refractivity contribution in [2.24, 2.45) is 0 Å². The van der Waals surface area contributed by atoms with Crippen molar-refractivity contribution in [2.75, 3.05) is 13.2 Å². The molecular weight excluding hydrogens is 612 g/mol. The molecule has 0 rings (SSSR count). The van der Waals surface area contributed by atoms with Gasteiger partial charge in [0.15, 0.2) is 0 Å². The first-order chi connectivity index (χ1) is 24.0. The van der Waals surface area contributed by atoms with E-state index < -0.39 is 12.2 Å². The van der Waals surface area contributed by atoms with Crippen LogP contribution < -0.4 is 0 Å². The number of hydrogen-bond acceptors (Lipinski definition) is 6. The number of esters is 2. The minimum absolute atomic E-state index is 0.147. The van der Waals surface area contributed by atoms with Gasteiger partial charge in [-0.05, 0) is 44.9 Å². The molecule has 6 nitrogen and oxygen atoms in total. The molecule has 0 aliphatic rings. The van der Waals surface area contributed by atoms with Crippen molar-refractivity contribution >= 4 is 11.9 Å². The molecule has 0 aliphatic carbocycles. The Balaban J connectivity index is 3.57. The Labute approximate surface area is 301 Å². The maximum Gasteiger partial charge on any atom is 0.305 e. The molecule has 0 radical (unpaired) electrons. The van der Waals surface area contributed by atoms with Crippen LogP contribution in [-0.4, -0.2) is 47.6 Å². The van der Waals surface area contributed by atoms with E-state index in [1.54, 1.807) is 6.08 Å². The normalized spacial score (nSPS) is 13.3. The van der Waals surface area contributed by atoms with Crippen molar-refractivity contribution in [3.05, 3.63) is 48.6 Å². The highest BCUT2D eigenvalue weighted by atomic mass is 16.6. The first-order valence-electron chi connectivity index (χ1n) is 20.3. The van der Waals surface area contributed by atoms with Crippen molar-refractivity contribution in [1.29, 1.82) is 0 Å². The molecule has 0 spiro atoms. The van der Waals surface area contributed by atoms with Crippen molar-refractivity contribution in [1.82, 2.24) is 0 Å². The van der Waals surface area contributed by atoms with E-state index in [9.17, 15) is 19.8 Å². The molecule has 0 unspecified atom stereocenters. The second-order valence-corrected chi connectivity index (χ2v) is 13.6. The predicted octanol–water partition coefficient (Wildman–Crippen LogP) is 11.6. The zero-order valence-corrected chi connectivity index (χ0v) is 31.8. The minimum atomic E-state index is -1.00. The van der Waals surface area contributed by atoms with Crippen LogP contribution in [0.5, 0.6) is 0 Å². The summed E-state index contributed by atoms with van der Waals surface area (Å²) in [6, 6.07) is 0. The molecule has 0 heterocycles. The van der Waals surface area contributed by atoms with Crippen LogP contribution in [0.4, 0.5) is 0 Å². The van der Waals surface area contributed by atoms with Crippen LogP contribution in [0.2, 0.25) is 0 Å². The van der Waals surface area contributed by atoms with Crippen molar-refractivity contribution in [2.45, 2.75) is 199 Å². The first-order valence-corrected chi connectivity index (χ1v) is 20.3. The summed E-state index contributed by atoms with van der Waals surface area (Å²) < 4.78 is 10.3. The Morgan fingerprint density at radius 1 is 0.510 bits per heavy atom. The molecular formula is C43H76O6. The summed E-state index contributed by atoms with van der Waals surface area (Å²) in [5.74, 6) is -0.663. The molecule has 0 saturated carbocycles. The van der Waals surface area contributed by atoms with Crippen molar-refractivity contribution in [3.8, 4) is 0 Å². The SMILES string of the molecule is CCCCC/C=C\C[C@@H](O)/C=C/C=C\C/C=C\CCCC(=O)OC[C@@H](O)COC(=O)CCCCCCCCCCCCCCCCCCC. The summed E-state index contributed by atoms with van der Waals surface area (Å²) >= 11 is 0. The third-order valence-electron chi connectivity index (χ3n) is 8.65. The largest absolute Gasteiger partial charge is 0.463 e. The smallest absolute Gasteiger partial charge is 0.305 e. The summed E-state index contributed by atoms with van der Waals surface area (Å²) in [6.45, 7) is 4.16. The van der Waals surface area contributed by atoms with E-state index in [2.05, 4.69) is 26.0 Å². The lowest BCUT2D eigenvalue weighted by Gasteiger charge is -2.12. The molecule has 0 aliphatic heterocycles. The Morgan fingerprint density at radius 3 is 1.51 bits per heavy atom. The highest BCUT2D eigenvalue weighted by Crippen LogP contribution is 2.14. The van der Waals surface area contributed by atoms with Gasteiger partial charge in [-0.1, -0.05) is 178 Å². The Hall–Kier alpha value is -2.18. The lowest BCUT2D eigenvalue weighted by atomic mass is 10.0. The minimum Gasteiger partial charge on any atom is -0.463 e. The summed E-state index contributed by atoms with van der Waals surface area (Å²) in [5.41, 5.74) is 0. The van der Waals surface area contributed by atoms with Gasteiger partial charge in [0.1, 0.15) is 19.3 Å². The van der Waals surface area contributed by atoms with Gasteiger partial charge in [0.25, 0.3) is 0 Å². The molecule has 49 heavy (non-hydrogen) atoms. The highest BCUT2D eigenvalue weighted by Gasteiger charge is 2.12. The number of ether oxygens (including phenoxy) is 2. The number of carbonyl (C=O) groups excluding carboxylic acids is 2. The third-order valence-corrected chi connectivity index (χ3v) is 8.65. The van der Waals surface area contributed by atoms with Gasteiger partial charge in [0.2, 0.25) is 0 Å². The summed E-state index contributed by atoms with van der Waals surface area (Å²) in [6.07, 6.45) is 44.8. The number of allylic oxidation sites excluding steroid dienone is 6. The quantitative estimate of drug-likeness (QED) is 0.0294. The maximum absolute atomic E-state index is 12.0. The van der Waals surface area contributed by atoms with E-state index >= 15 is 0 Å². The monoisotopic (exact) mass is 689 g/mol. The third kappa shape index (κ3) is 38.5. The zero-order valence-electron chi connectivity index (χ0n) is 31.8. The molecule has 0 aromatic carbocycles. The highest BCUT2D eigenvalue weighted by molar-refractivity contribution is 5.69. The fraction of sp³-hybridized carbons (Fsp3) is 0.767. The maximum atomic E-state index is 12.0. The van der Waals surface area contributed by atoms with Crippen LogP contribution in [0.15, 0.2) is 48.6 Å². The van der Waals surface area contributed by atoms with Gasteiger partial charge in [0, 0.05) is 12.8 Å². The average Bonchev–Trinajstić information content (AvgIpc) is 3.10. The zero-order chi connectivity index (χ0) is 35.9. The first kappa shape index (κ1) is 46.8. The van der Waals surface area contributed by atoms with Crippen LogP contribution in [0, 0.1) is 0 Å². The Bertz CT molecular complexity index is 845. The van der Waals surface area contributed by atoms with Crippen LogP contribution in [-0.2, 0) is 19.1 Å². The summed E-state index contributed by atoms with van der Waals surface area (Å²) in [4.78, 5) is 23.9.